The molecule has 9 nitrogen and oxygen atoms in total. The molecular weight excluding hydrogens is 498 g/mol. The molecule has 2 aromatic rings. The lowest BCUT2D eigenvalue weighted by Gasteiger charge is -2.19. The van der Waals surface area contributed by atoms with Gasteiger partial charge in [0, 0.05) is 48.7 Å². The Bertz CT molecular complexity index is 1040. The number of hydrogen-bond acceptors (Lipinski definition) is 8. The Hall–Kier alpha value is -3.30. The lowest BCUT2D eigenvalue weighted by atomic mass is 10.0. The summed E-state index contributed by atoms with van der Waals surface area (Å²) in [7, 11) is 0. The minimum absolute atomic E-state index is 0.0196. The molecule has 9 heteroatoms. The molecule has 0 aliphatic rings. The maximum atomic E-state index is 12.8. The largest absolute Gasteiger partial charge is 0.379 e. The summed E-state index contributed by atoms with van der Waals surface area (Å²) in [5, 5.41) is 2.85. The number of nitrogens with zero attached hydrogens (tertiary/aromatic N) is 2. The van der Waals surface area contributed by atoms with Crippen molar-refractivity contribution in [1.82, 2.24) is 15.3 Å². The van der Waals surface area contributed by atoms with E-state index in [4.69, 9.17) is 9.47 Å². The average molecular weight is 542 g/mol. The zero-order chi connectivity index (χ0) is 29.2. The lowest BCUT2D eigenvalue weighted by Crippen LogP contribution is -2.42. The highest BCUT2D eigenvalue weighted by molar-refractivity contribution is 5.97. The molecule has 0 fully saturated rings. The third-order valence-corrected chi connectivity index (χ3v) is 5.49. The molecule has 214 valence electrons. The van der Waals surface area contributed by atoms with Crippen molar-refractivity contribution in [3.63, 3.8) is 0 Å². The Labute approximate surface area is 232 Å². The van der Waals surface area contributed by atoms with Crippen LogP contribution < -0.4 is 5.32 Å². The monoisotopic (exact) mass is 541 g/mol. The highest BCUT2D eigenvalue weighted by Gasteiger charge is 2.17. The highest BCUT2D eigenvalue weighted by Crippen LogP contribution is 2.17. The molecule has 2 rings (SSSR count). The van der Waals surface area contributed by atoms with E-state index in [9.17, 15) is 19.2 Å². The number of carbonyl (C=O) groups is 4. The summed E-state index contributed by atoms with van der Waals surface area (Å²) in [6.07, 6.45) is 5.03. The minimum Gasteiger partial charge on any atom is -0.379 e. The van der Waals surface area contributed by atoms with Gasteiger partial charge in [0.1, 0.15) is 17.3 Å². The van der Waals surface area contributed by atoms with E-state index in [0.29, 0.717) is 29.7 Å². The topological polar surface area (TPSA) is 125 Å². The number of pyridine rings is 2. The second-order valence-electron chi connectivity index (χ2n) is 9.19. The van der Waals surface area contributed by atoms with Crippen molar-refractivity contribution in [1.29, 1.82) is 0 Å². The van der Waals surface area contributed by atoms with E-state index in [2.05, 4.69) is 15.3 Å². The van der Waals surface area contributed by atoms with Crippen LogP contribution in [0.5, 0.6) is 0 Å². The molecule has 39 heavy (non-hydrogen) atoms. The van der Waals surface area contributed by atoms with Gasteiger partial charge in [-0.15, -0.1) is 0 Å². The number of hydrogen-bond donors (Lipinski definition) is 1. The lowest BCUT2D eigenvalue weighted by molar-refractivity contribution is -0.120. The summed E-state index contributed by atoms with van der Waals surface area (Å²) in [5.41, 5.74) is 2.12. The van der Waals surface area contributed by atoms with Crippen LogP contribution in [0.1, 0.15) is 88.1 Å². The molecule has 1 unspecified atom stereocenters. The Kier molecular flexibility index (Phi) is 16.3. The van der Waals surface area contributed by atoms with Crippen LogP contribution in [0.2, 0.25) is 0 Å². The molecule has 1 N–H and O–H groups in total. The number of Topliss-reactive ketones (excluding diaryl/α,β-unsaturated/α-hetero) is 3. The number of ketones is 3. The molecule has 0 aliphatic carbocycles. The van der Waals surface area contributed by atoms with Gasteiger partial charge in [0.05, 0.1) is 38.2 Å². The third-order valence-electron chi connectivity index (χ3n) is 5.49. The smallest absolute Gasteiger partial charge is 0.270 e. The fourth-order valence-electron chi connectivity index (χ4n) is 3.37. The molecular formula is C30H43N3O6. The van der Waals surface area contributed by atoms with E-state index < -0.39 is 11.9 Å². The fourth-order valence-corrected chi connectivity index (χ4v) is 3.37. The summed E-state index contributed by atoms with van der Waals surface area (Å²) in [6, 6.07) is 6.34. The van der Waals surface area contributed by atoms with Crippen molar-refractivity contribution in [2.24, 2.45) is 5.92 Å². The molecule has 2 aromatic heterocycles. The van der Waals surface area contributed by atoms with E-state index in [0.717, 1.165) is 6.42 Å². The first-order valence-electron chi connectivity index (χ1n) is 13.6. The predicted molar refractivity (Wildman–Crippen MR) is 151 cm³/mol. The molecule has 0 aliphatic heterocycles. The summed E-state index contributed by atoms with van der Waals surface area (Å²) < 4.78 is 11.2. The molecule has 0 spiro atoms. The van der Waals surface area contributed by atoms with Crippen molar-refractivity contribution in [2.45, 2.75) is 73.3 Å². The molecule has 1 atom stereocenters. The number of rotatable bonds is 17. The van der Waals surface area contributed by atoms with E-state index in [-0.39, 0.29) is 61.8 Å². The van der Waals surface area contributed by atoms with Crippen molar-refractivity contribution in [3.05, 3.63) is 47.9 Å². The van der Waals surface area contributed by atoms with E-state index in [1.165, 1.54) is 6.92 Å². The molecule has 0 radical (unpaired) electrons. The zero-order valence-electron chi connectivity index (χ0n) is 24.1. The van der Waals surface area contributed by atoms with Gasteiger partial charge in [-0.2, -0.15) is 0 Å². The van der Waals surface area contributed by atoms with Gasteiger partial charge >= 0.3 is 0 Å². The maximum Gasteiger partial charge on any atom is 0.270 e. The first-order valence-corrected chi connectivity index (χ1v) is 13.6. The van der Waals surface area contributed by atoms with Crippen LogP contribution in [0.3, 0.4) is 0 Å². The van der Waals surface area contributed by atoms with Crippen LogP contribution in [0.25, 0.3) is 11.3 Å². The second kappa shape index (κ2) is 18.9. The predicted octanol–water partition coefficient (Wildman–Crippen LogP) is 4.88. The standard InChI is InChI=1S/C28H37N3O6.C2H6/c1-5-6-24(33)12-14-37-18-23(17-36-13-11-20(4)32)31-28(35)26-10-7-21(15-30-26)25-9-8-22(16-29-25)27(34)19(2)3;1-2/h7-10,15-16,19,23H,5-6,11-14,17-18H2,1-4H3,(H,31,35);1-2H3. The highest BCUT2D eigenvalue weighted by atomic mass is 16.5. The number of carbonyl (C=O) groups excluding carboxylic acids is 4. The van der Waals surface area contributed by atoms with Gasteiger partial charge in [-0.25, -0.2) is 0 Å². The van der Waals surface area contributed by atoms with Gasteiger partial charge in [0.15, 0.2) is 5.78 Å². The quantitative estimate of drug-likeness (QED) is 0.222. The number of aromatic nitrogens is 2. The molecule has 0 bridgehead atoms. The third kappa shape index (κ3) is 12.9. The fraction of sp³-hybridized carbons (Fsp3) is 0.533. The van der Waals surface area contributed by atoms with Crippen LogP contribution in [-0.2, 0) is 19.1 Å². The molecule has 1 amide bonds. The number of ether oxygens (including phenoxy) is 2. The zero-order valence-corrected chi connectivity index (χ0v) is 24.1. The van der Waals surface area contributed by atoms with Gasteiger partial charge in [0.25, 0.3) is 5.91 Å². The maximum absolute atomic E-state index is 12.8. The Morgan fingerprint density at radius 2 is 1.54 bits per heavy atom. The van der Waals surface area contributed by atoms with Crippen molar-refractivity contribution < 1.29 is 28.7 Å². The van der Waals surface area contributed by atoms with Gasteiger partial charge in [0.2, 0.25) is 0 Å². The van der Waals surface area contributed by atoms with Crippen LogP contribution >= 0.6 is 0 Å². The van der Waals surface area contributed by atoms with Crippen molar-refractivity contribution in [2.75, 3.05) is 26.4 Å². The summed E-state index contributed by atoms with van der Waals surface area (Å²) in [5.74, 6) is -0.319. The molecule has 2 heterocycles. The average Bonchev–Trinajstić information content (AvgIpc) is 2.94. The molecule has 0 saturated carbocycles. The van der Waals surface area contributed by atoms with E-state index in [1.54, 1.807) is 36.7 Å². The number of nitrogens with one attached hydrogen (secondary N) is 1. The molecule has 0 saturated heterocycles. The summed E-state index contributed by atoms with van der Waals surface area (Å²) in [6.45, 7) is 12.0. The van der Waals surface area contributed by atoms with Gasteiger partial charge < -0.3 is 14.8 Å². The first kappa shape index (κ1) is 33.7. The SMILES string of the molecule is CC.CCCC(=O)CCOCC(COCCC(C)=O)NC(=O)c1ccc(-c2ccc(C(=O)C(C)C)cn2)cn1. The minimum atomic E-state index is -0.477. The molecule has 0 aromatic carbocycles. The van der Waals surface area contributed by atoms with Crippen LogP contribution in [0, 0.1) is 5.92 Å². The van der Waals surface area contributed by atoms with Gasteiger partial charge in [-0.1, -0.05) is 34.6 Å². The Morgan fingerprint density at radius 3 is 2.05 bits per heavy atom. The van der Waals surface area contributed by atoms with E-state index >= 15 is 0 Å². The Morgan fingerprint density at radius 1 is 0.872 bits per heavy atom. The van der Waals surface area contributed by atoms with E-state index in [1.807, 2.05) is 34.6 Å². The normalized spacial score (nSPS) is 11.4. The van der Waals surface area contributed by atoms with Crippen molar-refractivity contribution in [3.8, 4) is 11.3 Å². The summed E-state index contributed by atoms with van der Waals surface area (Å²) in [4.78, 5) is 56.4. The summed E-state index contributed by atoms with van der Waals surface area (Å²) >= 11 is 0. The first-order chi connectivity index (χ1) is 18.7. The van der Waals surface area contributed by atoms with Crippen LogP contribution in [0.4, 0.5) is 0 Å². The van der Waals surface area contributed by atoms with Crippen molar-refractivity contribution >= 4 is 23.3 Å². The van der Waals surface area contributed by atoms with Gasteiger partial charge in [-0.3, -0.25) is 29.1 Å². The second-order valence-corrected chi connectivity index (χ2v) is 9.19. The van der Waals surface area contributed by atoms with Crippen LogP contribution in [0.15, 0.2) is 36.7 Å². The Balaban J connectivity index is 0.00000371. The van der Waals surface area contributed by atoms with Gasteiger partial charge in [-0.05, 0) is 37.6 Å². The number of amides is 1. The van der Waals surface area contributed by atoms with Crippen LogP contribution in [-0.4, -0.2) is 65.7 Å².